The quantitative estimate of drug-likeness (QED) is 0.677. The van der Waals surface area contributed by atoms with Crippen molar-refractivity contribution in [1.82, 2.24) is 20.3 Å². The molecule has 0 bridgehead atoms. The smallest absolute Gasteiger partial charge is 0.320 e. The van der Waals surface area contributed by atoms with Gasteiger partial charge in [-0.05, 0) is 43.7 Å². The Morgan fingerprint density at radius 3 is 2.72 bits per heavy atom. The number of rotatable bonds is 4. The average Bonchev–Trinajstić information content (AvgIpc) is 2.57. The zero-order chi connectivity index (χ0) is 17.8. The molecule has 1 aromatic carbocycles. The van der Waals surface area contributed by atoms with Crippen molar-refractivity contribution in [1.29, 1.82) is 0 Å². The zero-order valence-corrected chi connectivity index (χ0v) is 13.8. The Morgan fingerprint density at radius 1 is 1.16 bits per heavy atom. The van der Waals surface area contributed by atoms with E-state index in [1.165, 1.54) is 12.3 Å². The molecule has 2 amide bonds. The highest BCUT2D eigenvalue weighted by atomic mass is 19.1. The van der Waals surface area contributed by atoms with Crippen molar-refractivity contribution in [3.05, 3.63) is 47.9 Å². The van der Waals surface area contributed by atoms with Crippen LogP contribution >= 0.6 is 0 Å². The molecule has 0 saturated carbocycles. The number of carbonyl (C=O) groups is 1. The molecule has 0 atom stereocenters. The van der Waals surface area contributed by atoms with E-state index in [0.29, 0.717) is 35.0 Å². The normalized spacial score (nSPS) is 10.5. The number of halogens is 1. The van der Waals surface area contributed by atoms with Gasteiger partial charge in [-0.2, -0.15) is 0 Å². The lowest BCUT2D eigenvalue weighted by atomic mass is 10.2. The van der Waals surface area contributed by atoms with Crippen LogP contribution in [0.2, 0.25) is 0 Å². The van der Waals surface area contributed by atoms with E-state index >= 15 is 0 Å². The number of nitrogens with zero attached hydrogens (tertiary/aromatic N) is 3. The van der Waals surface area contributed by atoms with Crippen molar-refractivity contribution in [2.45, 2.75) is 13.8 Å². The molecular weight excluding hydrogens is 323 g/mol. The summed E-state index contributed by atoms with van der Waals surface area (Å²) >= 11 is 0. The second-order valence-corrected chi connectivity index (χ2v) is 5.39. The Bertz CT molecular complexity index is 930. The molecule has 3 N–H and O–H groups in total. The van der Waals surface area contributed by atoms with E-state index < -0.39 is 0 Å². The maximum Gasteiger partial charge on any atom is 0.320 e. The molecule has 2 heterocycles. The van der Waals surface area contributed by atoms with Crippen LogP contribution in [0.1, 0.15) is 12.5 Å². The largest absolute Gasteiger partial charge is 0.338 e. The molecule has 2 aromatic heterocycles. The first-order valence-electron chi connectivity index (χ1n) is 7.77. The SMILES string of the molecule is CCNC(=O)Nc1ccc2ncc(Nc3ccc(C)cc3F)nc2n1. The number of hydrogen-bond donors (Lipinski definition) is 3. The van der Waals surface area contributed by atoms with Crippen LogP contribution in [0.15, 0.2) is 36.5 Å². The van der Waals surface area contributed by atoms with Gasteiger partial charge in [0.1, 0.15) is 17.2 Å². The van der Waals surface area contributed by atoms with Gasteiger partial charge in [0.15, 0.2) is 11.5 Å². The topological polar surface area (TPSA) is 91.8 Å². The molecule has 8 heteroatoms. The third-order valence-corrected chi connectivity index (χ3v) is 3.37. The molecule has 0 unspecified atom stereocenters. The number of nitrogens with one attached hydrogen (secondary N) is 3. The first kappa shape index (κ1) is 16.6. The van der Waals surface area contributed by atoms with Gasteiger partial charge in [-0.25, -0.2) is 24.1 Å². The lowest BCUT2D eigenvalue weighted by molar-refractivity contribution is 0.252. The van der Waals surface area contributed by atoms with Crippen LogP contribution < -0.4 is 16.0 Å². The Morgan fingerprint density at radius 2 is 1.96 bits per heavy atom. The third kappa shape index (κ3) is 3.97. The number of fused-ring (bicyclic) bond motifs is 1. The maximum absolute atomic E-state index is 13.9. The molecule has 0 saturated heterocycles. The van der Waals surface area contributed by atoms with Crippen molar-refractivity contribution >= 4 is 34.5 Å². The molecule has 3 aromatic rings. The molecule has 25 heavy (non-hydrogen) atoms. The first-order chi connectivity index (χ1) is 12.0. The number of aryl methyl sites for hydroxylation is 1. The fourth-order valence-corrected chi connectivity index (χ4v) is 2.21. The number of carbonyl (C=O) groups excluding carboxylic acids is 1. The van der Waals surface area contributed by atoms with Crippen molar-refractivity contribution in [2.75, 3.05) is 17.2 Å². The lowest BCUT2D eigenvalue weighted by Crippen LogP contribution is -2.28. The van der Waals surface area contributed by atoms with E-state index in [1.807, 2.05) is 13.8 Å². The van der Waals surface area contributed by atoms with Crippen LogP contribution in [0.4, 0.5) is 26.5 Å². The fourth-order valence-electron chi connectivity index (χ4n) is 2.21. The van der Waals surface area contributed by atoms with Crippen LogP contribution in [-0.4, -0.2) is 27.5 Å². The van der Waals surface area contributed by atoms with Crippen molar-refractivity contribution in [3.8, 4) is 0 Å². The minimum atomic E-state index is -0.374. The number of pyridine rings is 1. The molecule has 7 nitrogen and oxygen atoms in total. The van der Waals surface area contributed by atoms with Crippen LogP contribution in [0.5, 0.6) is 0 Å². The number of benzene rings is 1. The maximum atomic E-state index is 13.9. The van der Waals surface area contributed by atoms with E-state index in [2.05, 4.69) is 30.9 Å². The van der Waals surface area contributed by atoms with Gasteiger partial charge in [-0.3, -0.25) is 5.32 Å². The van der Waals surface area contributed by atoms with E-state index in [1.54, 1.807) is 24.3 Å². The molecular formula is C17H17FN6O. The molecule has 0 aliphatic carbocycles. The predicted octanol–water partition coefficient (Wildman–Crippen LogP) is 3.36. The molecule has 0 aliphatic rings. The highest BCUT2D eigenvalue weighted by molar-refractivity contribution is 5.89. The number of hydrogen-bond acceptors (Lipinski definition) is 5. The summed E-state index contributed by atoms with van der Waals surface area (Å²) in [6, 6.07) is 7.86. The highest BCUT2D eigenvalue weighted by Gasteiger charge is 2.08. The van der Waals surface area contributed by atoms with Crippen molar-refractivity contribution in [2.24, 2.45) is 0 Å². The second kappa shape index (κ2) is 7.08. The van der Waals surface area contributed by atoms with E-state index in [0.717, 1.165) is 5.56 Å². The van der Waals surface area contributed by atoms with Gasteiger partial charge < -0.3 is 10.6 Å². The van der Waals surface area contributed by atoms with Gasteiger partial charge in [-0.1, -0.05) is 6.07 Å². The molecule has 0 radical (unpaired) electrons. The Balaban J connectivity index is 1.86. The highest BCUT2D eigenvalue weighted by Crippen LogP contribution is 2.20. The lowest BCUT2D eigenvalue weighted by Gasteiger charge is -2.09. The molecule has 0 spiro atoms. The molecule has 0 fully saturated rings. The third-order valence-electron chi connectivity index (χ3n) is 3.37. The molecule has 0 aliphatic heterocycles. The van der Waals surface area contributed by atoms with Gasteiger partial charge in [-0.15, -0.1) is 0 Å². The van der Waals surface area contributed by atoms with Crippen LogP contribution in [0.3, 0.4) is 0 Å². The van der Waals surface area contributed by atoms with Gasteiger partial charge in [0, 0.05) is 6.54 Å². The average molecular weight is 340 g/mol. The number of aromatic nitrogens is 3. The summed E-state index contributed by atoms with van der Waals surface area (Å²) in [5.41, 5.74) is 2.04. The monoisotopic (exact) mass is 340 g/mol. The minimum Gasteiger partial charge on any atom is -0.338 e. The summed E-state index contributed by atoms with van der Waals surface area (Å²) in [5.74, 6) is 0.339. The summed E-state index contributed by atoms with van der Waals surface area (Å²) in [4.78, 5) is 24.4. The predicted molar refractivity (Wildman–Crippen MR) is 94.4 cm³/mol. The Labute approximate surface area is 143 Å². The van der Waals surface area contributed by atoms with Gasteiger partial charge >= 0.3 is 6.03 Å². The second-order valence-electron chi connectivity index (χ2n) is 5.39. The fraction of sp³-hybridized carbons (Fsp3) is 0.176. The van der Waals surface area contributed by atoms with Crippen molar-refractivity contribution < 1.29 is 9.18 Å². The summed E-state index contributed by atoms with van der Waals surface area (Å²) in [6.07, 6.45) is 1.50. The van der Waals surface area contributed by atoms with Gasteiger partial charge in [0.25, 0.3) is 0 Å². The van der Waals surface area contributed by atoms with Crippen molar-refractivity contribution in [3.63, 3.8) is 0 Å². The number of anilines is 3. The number of amides is 2. The molecule has 3 rings (SSSR count). The summed E-state index contributed by atoms with van der Waals surface area (Å²) < 4.78 is 13.9. The van der Waals surface area contributed by atoms with Crippen LogP contribution in [0.25, 0.3) is 11.2 Å². The minimum absolute atomic E-state index is 0.302. The zero-order valence-electron chi connectivity index (χ0n) is 13.8. The van der Waals surface area contributed by atoms with E-state index in [9.17, 15) is 9.18 Å². The summed E-state index contributed by atoms with van der Waals surface area (Å²) in [6.45, 7) is 4.15. The van der Waals surface area contributed by atoms with E-state index in [-0.39, 0.29) is 11.8 Å². The Hall–Kier alpha value is -3.29. The first-order valence-corrected chi connectivity index (χ1v) is 7.77. The number of urea groups is 1. The van der Waals surface area contributed by atoms with Gasteiger partial charge in [0.2, 0.25) is 0 Å². The summed E-state index contributed by atoms with van der Waals surface area (Å²) in [5, 5.41) is 8.11. The standard InChI is InChI=1S/C17H17FN6O/c1-3-19-17(25)24-14-7-6-13-16(22-14)23-15(9-20-13)21-12-5-4-10(2)8-11(12)18/h4-9H,3H2,1-2H3,(H3,19,21,22,23,24,25). The Kier molecular flexibility index (Phi) is 4.69. The van der Waals surface area contributed by atoms with Crippen LogP contribution in [-0.2, 0) is 0 Å². The summed E-state index contributed by atoms with van der Waals surface area (Å²) in [7, 11) is 0. The van der Waals surface area contributed by atoms with Gasteiger partial charge in [0.05, 0.1) is 11.9 Å². The van der Waals surface area contributed by atoms with E-state index in [4.69, 9.17) is 0 Å². The molecule has 128 valence electrons. The van der Waals surface area contributed by atoms with Crippen LogP contribution in [0, 0.1) is 12.7 Å².